The van der Waals surface area contributed by atoms with E-state index in [9.17, 15) is 14.3 Å². The van der Waals surface area contributed by atoms with E-state index in [0.29, 0.717) is 83.9 Å². The molecule has 0 aromatic carbocycles. The van der Waals surface area contributed by atoms with Crippen molar-refractivity contribution in [3.05, 3.63) is 46.5 Å². The lowest BCUT2D eigenvalue weighted by Crippen LogP contribution is -2.31. The first-order valence-corrected chi connectivity index (χ1v) is 12.0. The average Bonchev–Trinajstić information content (AvgIpc) is 3.22. The number of carbonyl (C=O) groups excluding carboxylic acids is 1. The average molecular weight is 517 g/mol. The molecular formula is C24H26ClFN6O4. The summed E-state index contributed by atoms with van der Waals surface area (Å²) < 4.78 is 25.1. The zero-order chi connectivity index (χ0) is 25.2. The summed E-state index contributed by atoms with van der Waals surface area (Å²) in [6.07, 6.45) is 1.13. The summed E-state index contributed by atoms with van der Waals surface area (Å²) in [6.45, 7) is 2.57. The summed E-state index contributed by atoms with van der Waals surface area (Å²) in [4.78, 5) is 26.5. The molecular weight excluding hydrogens is 491 g/mol. The van der Waals surface area contributed by atoms with Crippen LogP contribution in [0.15, 0.2) is 24.4 Å². The molecule has 1 saturated heterocycles. The third-order valence-electron chi connectivity index (χ3n) is 6.44. The van der Waals surface area contributed by atoms with Gasteiger partial charge in [0, 0.05) is 56.3 Å². The monoisotopic (exact) mass is 516 g/mol. The number of fused-ring (bicyclic) bond motifs is 2. The Labute approximate surface area is 211 Å². The van der Waals surface area contributed by atoms with Crippen LogP contribution in [0.25, 0.3) is 11.0 Å². The van der Waals surface area contributed by atoms with E-state index >= 15 is 0 Å². The van der Waals surface area contributed by atoms with Crippen LogP contribution in [0.2, 0.25) is 5.02 Å². The quantitative estimate of drug-likeness (QED) is 0.411. The Bertz CT molecular complexity index is 1300. The second-order valence-corrected chi connectivity index (χ2v) is 9.28. The summed E-state index contributed by atoms with van der Waals surface area (Å²) in [7, 11) is 1.52. The molecule has 0 bridgehead atoms. The SMILES string of the molecule is COc1ccc2ncc(F)c(CCN3CC(CNCc4nc5c(cc4Cl)OCC(=O)N5)[C@H](O)C3)c2n1. The zero-order valence-corrected chi connectivity index (χ0v) is 20.4. The number of nitrogens with zero attached hydrogens (tertiary/aromatic N) is 4. The molecule has 5 rings (SSSR count). The van der Waals surface area contributed by atoms with E-state index in [1.54, 1.807) is 18.2 Å². The maximum absolute atomic E-state index is 14.6. The Morgan fingerprint density at radius 2 is 2.22 bits per heavy atom. The van der Waals surface area contributed by atoms with Crippen molar-refractivity contribution in [2.45, 2.75) is 19.1 Å². The molecule has 12 heteroatoms. The summed E-state index contributed by atoms with van der Waals surface area (Å²) in [6, 6.07) is 5.09. The fourth-order valence-corrected chi connectivity index (χ4v) is 4.75. The summed E-state index contributed by atoms with van der Waals surface area (Å²) in [5.41, 5.74) is 2.16. The predicted molar refractivity (Wildman–Crippen MR) is 131 cm³/mol. The number of hydrogen-bond donors (Lipinski definition) is 3. The smallest absolute Gasteiger partial charge is 0.263 e. The lowest BCUT2D eigenvalue weighted by molar-refractivity contribution is -0.118. The number of likely N-dealkylation sites (tertiary alicyclic amines) is 1. The fraction of sp³-hybridized carbons (Fsp3) is 0.417. The second-order valence-electron chi connectivity index (χ2n) is 8.87. The van der Waals surface area contributed by atoms with Gasteiger partial charge in [-0.2, -0.15) is 0 Å². The third-order valence-corrected chi connectivity index (χ3v) is 6.77. The van der Waals surface area contributed by atoms with Crippen LogP contribution < -0.4 is 20.1 Å². The van der Waals surface area contributed by atoms with Crippen LogP contribution in [0.1, 0.15) is 11.3 Å². The van der Waals surface area contributed by atoms with Gasteiger partial charge >= 0.3 is 0 Å². The molecule has 0 saturated carbocycles. The van der Waals surface area contributed by atoms with Gasteiger partial charge in [0.1, 0.15) is 5.82 Å². The normalized spacial score (nSPS) is 19.7. The highest BCUT2D eigenvalue weighted by Gasteiger charge is 2.31. The number of aliphatic hydroxyl groups excluding tert-OH is 1. The van der Waals surface area contributed by atoms with Crippen LogP contribution in [0.3, 0.4) is 0 Å². The van der Waals surface area contributed by atoms with Gasteiger partial charge in [0.15, 0.2) is 18.2 Å². The first kappa shape index (κ1) is 24.6. The largest absolute Gasteiger partial charge is 0.481 e. The molecule has 36 heavy (non-hydrogen) atoms. The summed E-state index contributed by atoms with van der Waals surface area (Å²) in [5, 5.41) is 17.0. The molecule has 5 heterocycles. The van der Waals surface area contributed by atoms with Crippen LogP contribution in [0, 0.1) is 11.7 Å². The third kappa shape index (κ3) is 5.19. The topological polar surface area (TPSA) is 122 Å². The molecule has 1 amide bonds. The minimum absolute atomic E-state index is 0.0123. The zero-order valence-electron chi connectivity index (χ0n) is 19.6. The fourth-order valence-electron chi connectivity index (χ4n) is 4.54. The second kappa shape index (κ2) is 10.5. The number of β-amino-alcohol motifs (C(OH)–C–C–N with tert-alkyl or cyclic N) is 1. The van der Waals surface area contributed by atoms with E-state index in [1.165, 1.54) is 13.3 Å². The number of nitrogens with one attached hydrogen (secondary N) is 2. The molecule has 3 aromatic rings. The van der Waals surface area contributed by atoms with Crippen molar-refractivity contribution >= 4 is 34.4 Å². The van der Waals surface area contributed by atoms with Crippen LogP contribution in [0.4, 0.5) is 10.2 Å². The van der Waals surface area contributed by atoms with Gasteiger partial charge in [-0.05, 0) is 12.5 Å². The molecule has 0 spiro atoms. The van der Waals surface area contributed by atoms with Crippen molar-refractivity contribution in [1.29, 1.82) is 0 Å². The summed E-state index contributed by atoms with van der Waals surface area (Å²) in [5.74, 6) is 0.515. The molecule has 0 aliphatic carbocycles. The van der Waals surface area contributed by atoms with Crippen molar-refractivity contribution < 1.29 is 23.8 Å². The molecule has 1 unspecified atom stereocenters. The van der Waals surface area contributed by atoms with Gasteiger partial charge in [-0.1, -0.05) is 11.6 Å². The standard InChI is InChI=1S/C24H26ClFN6O4/c1-35-22-3-2-17-23(31-22)14(16(26)8-28-17)4-5-32-10-13(19(33)11-32)7-27-9-18-15(25)6-20-24(29-18)30-21(34)12-36-20/h2-3,6,8,13,19,27,33H,4-5,7,9-12H2,1H3,(H,29,30,34)/t13?,19-/m1/s1. The number of hydrogen-bond acceptors (Lipinski definition) is 9. The van der Waals surface area contributed by atoms with Gasteiger partial charge in [0.25, 0.3) is 5.91 Å². The molecule has 10 nitrogen and oxygen atoms in total. The molecule has 3 aromatic heterocycles. The van der Waals surface area contributed by atoms with E-state index < -0.39 is 11.9 Å². The maximum atomic E-state index is 14.6. The molecule has 2 atom stereocenters. The van der Waals surface area contributed by atoms with Crippen molar-refractivity contribution in [1.82, 2.24) is 25.2 Å². The van der Waals surface area contributed by atoms with Gasteiger partial charge in [-0.15, -0.1) is 0 Å². The minimum Gasteiger partial charge on any atom is -0.481 e. The predicted octanol–water partition coefficient (Wildman–Crippen LogP) is 1.78. The number of ether oxygens (including phenoxy) is 2. The number of carbonyl (C=O) groups is 1. The van der Waals surface area contributed by atoms with Crippen LogP contribution in [-0.2, 0) is 17.8 Å². The Hall–Kier alpha value is -3.12. The highest BCUT2D eigenvalue weighted by atomic mass is 35.5. The molecule has 2 aliphatic rings. The van der Waals surface area contributed by atoms with E-state index in [2.05, 4.69) is 30.5 Å². The minimum atomic E-state index is -0.519. The van der Waals surface area contributed by atoms with Crippen molar-refractivity contribution in [2.75, 3.05) is 45.2 Å². The van der Waals surface area contributed by atoms with E-state index in [4.69, 9.17) is 21.1 Å². The van der Waals surface area contributed by atoms with Crippen LogP contribution in [-0.4, -0.2) is 76.9 Å². The number of aliphatic hydroxyl groups is 1. The van der Waals surface area contributed by atoms with Gasteiger partial charge in [-0.25, -0.2) is 14.4 Å². The van der Waals surface area contributed by atoms with Gasteiger partial charge in [0.2, 0.25) is 5.88 Å². The number of methoxy groups -OCH3 is 1. The van der Waals surface area contributed by atoms with E-state index in [-0.39, 0.29) is 18.4 Å². The van der Waals surface area contributed by atoms with Crippen molar-refractivity contribution in [3.63, 3.8) is 0 Å². The van der Waals surface area contributed by atoms with E-state index in [0.717, 1.165) is 0 Å². The highest BCUT2D eigenvalue weighted by Crippen LogP contribution is 2.30. The van der Waals surface area contributed by atoms with Crippen LogP contribution in [0.5, 0.6) is 11.6 Å². The highest BCUT2D eigenvalue weighted by molar-refractivity contribution is 6.31. The summed E-state index contributed by atoms with van der Waals surface area (Å²) >= 11 is 6.32. The lowest BCUT2D eigenvalue weighted by atomic mass is 10.1. The lowest BCUT2D eigenvalue weighted by Gasteiger charge is -2.19. The number of amides is 1. The Kier molecular flexibility index (Phi) is 7.15. The first-order chi connectivity index (χ1) is 17.4. The molecule has 3 N–H and O–H groups in total. The van der Waals surface area contributed by atoms with Crippen LogP contribution >= 0.6 is 11.6 Å². The van der Waals surface area contributed by atoms with E-state index in [1.807, 2.05) is 0 Å². The Morgan fingerprint density at radius 3 is 3.06 bits per heavy atom. The van der Waals surface area contributed by atoms with Crippen molar-refractivity contribution in [2.24, 2.45) is 5.92 Å². The molecule has 0 radical (unpaired) electrons. The first-order valence-electron chi connectivity index (χ1n) is 11.6. The van der Waals surface area contributed by atoms with Gasteiger partial charge in [0.05, 0.1) is 41.2 Å². The molecule has 2 aliphatic heterocycles. The van der Waals surface area contributed by atoms with Crippen molar-refractivity contribution in [3.8, 4) is 11.6 Å². The Balaban J connectivity index is 1.17. The number of pyridine rings is 3. The Morgan fingerprint density at radius 1 is 1.36 bits per heavy atom. The molecule has 1 fully saturated rings. The number of aromatic nitrogens is 3. The molecule has 190 valence electrons. The number of halogens is 2. The number of anilines is 1. The number of rotatable bonds is 8. The van der Waals surface area contributed by atoms with Gasteiger partial charge in [-0.3, -0.25) is 9.78 Å². The van der Waals surface area contributed by atoms with Gasteiger partial charge < -0.3 is 30.1 Å². The maximum Gasteiger partial charge on any atom is 0.263 e.